The summed E-state index contributed by atoms with van der Waals surface area (Å²) in [5.41, 5.74) is 3.87. The van der Waals surface area contributed by atoms with Crippen LogP contribution in [-0.4, -0.2) is 4.98 Å². The van der Waals surface area contributed by atoms with E-state index in [1.165, 1.54) is 16.8 Å². The van der Waals surface area contributed by atoms with Crippen LogP contribution in [0.1, 0.15) is 50.1 Å². The lowest BCUT2D eigenvalue weighted by atomic mass is 9.97. The van der Waals surface area contributed by atoms with E-state index in [2.05, 4.69) is 67.5 Å². The van der Waals surface area contributed by atoms with Crippen molar-refractivity contribution in [3.05, 3.63) is 65.5 Å². The third-order valence-corrected chi connectivity index (χ3v) is 3.79. The highest BCUT2D eigenvalue weighted by molar-refractivity contribution is 5.22. The summed E-state index contributed by atoms with van der Waals surface area (Å²) in [5, 5.41) is 3.70. The summed E-state index contributed by atoms with van der Waals surface area (Å²) in [7, 11) is 0. The second-order valence-electron chi connectivity index (χ2n) is 5.94. The first-order valence-corrected chi connectivity index (χ1v) is 7.91. The molecule has 21 heavy (non-hydrogen) atoms. The molecule has 1 atom stereocenters. The van der Waals surface area contributed by atoms with E-state index in [9.17, 15) is 0 Å². The monoisotopic (exact) mass is 282 g/mol. The Kier molecular flexibility index (Phi) is 5.94. The smallest absolute Gasteiger partial charge is 0.0573 e. The largest absolute Gasteiger partial charge is 0.304 e. The van der Waals surface area contributed by atoms with Gasteiger partial charge >= 0.3 is 0 Å². The standard InChI is InChI=1S/C19H26N2/c1-4-16-11-8-12-20-19(16)14-21-18(13-15(2)3)17-9-6-5-7-10-17/h5-12,15,18,21H,4,13-14H2,1-3H3. The van der Waals surface area contributed by atoms with Crippen molar-refractivity contribution in [1.29, 1.82) is 0 Å². The number of hydrogen-bond donors (Lipinski definition) is 1. The predicted molar refractivity (Wildman–Crippen MR) is 89.1 cm³/mol. The quantitative estimate of drug-likeness (QED) is 0.807. The summed E-state index contributed by atoms with van der Waals surface area (Å²) in [5.74, 6) is 0.664. The molecule has 0 spiro atoms. The fraction of sp³-hybridized carbons (Fsp3) is 0.421. The summed E-state index contributed by atoms with van der Waals surface area (Å²) in [6.07, 6.45) is 4.06. The number of aryl methyl sites for hydroxylation is 1. The van der Waals surface area contributed by atoms with Gasteiger partial charge in [-0.25, -0.2) is 0 Å². The van der Waals surface area contributed by atoms with Gasteiger partial charge in [0.1, 0.15) is 0 Å². The van der Waals surface area contributed by atoms with E-state index in [-0.39, 0.29) is 0 Å². The van der Waals surface area contributed by atoms with E-state index in [4.69, 9.17) is 0 Å². The molecular formula is C19H26N2. The number of nitrogens with zero attached hydrogens (tertiary/aromatic N) is 1. The van der Waals surface area contributed by atoms with Crippen molar-refractivity contribution in [1.82, 2.24) is 10.3 Å². The molecule has 2 aromatic rings. The van der Waals surface area contributed by atoms with Crippen molar-refractivity contribution in [3.63, 3.8) is 0 Å². The van der Waals surface area contributed by atoms with Crippen molar-refractivity contribution in [3.8, 4) is 0 Å². The van der Waals surface area contributed by atoms with Gasteiger partial charge in [-0.15, -0.1) is 0 Å². The maximum Gasteiger partial charge on any atom is 0.0573 e. The van der Waals surface area contributed by atoms with E-state index in [1.54, 1.807) is 0 Å². The number of aromatic nitrogens is 1. The lowest BCUT2D eigenvalue weighted by Gasteiger charge is -2.21. The van der Waals surface area contributed by atoms with E-state index < -0.39 is 0 Å². The minimum absolute atomic E-state index is 0.387. The van der Waals surface area contributed by atoms with Gasteiger partial charge in [-0.05, 0) is 36.0 Å². The van der Waals surface area contributed by atoms with Gasteiger partial charge in [0.25, 0.3) is 0 Å². The number of benzene rings is 1. The Morgan fingerprint density at radius 1 is 1.05 bits per heavy atom. The Balaban J connectivity index is 2.09. The molecule has 112 valence electrons. The Bertz CT molecular complexity index is 534. The van der Waals surface area contributed by atoms with Gasteiger partial charge in [-0.2, -0.15) is 0 Å². The van der Waals surface area contributed by atoms with Crippen LogP contribution in [0.15, 0.2) is 48.7 Å². The van der Waals surface area contributed by atoms with Gasteiger partial charge in [0.05, 0.1) is 5.69 Å². The number of nitrogens with one attached hydrogen (secondary N) is 1. The molecule has 0 bridgehead atoms. The molecule has 0 radical (unpaired) electrons. The molecule has 0 aliphatic carbocycles. The van der Waals surface area contributed by atoms with Gasteiger partial charge in [0.15, 0.2) is 0 Å². The lowest BCUT2D eigenvalue weighted by molar-refractivity contribution is 0.426. The molecule has 2 nitrogen and oxygen atoms in total. The maximum atomic E-state index is 4.53. The fourth-order valence-electron chi connectivity index (χ4n) is 2.67. The summed E-state index contributed by atoms with van der Waals surface area (Å²) >= 11 is 0. The molecule has 0 fully saturated rings. The van der Waals surface area contributed by atoms with Gasteiger partial charge < -0.3 is 5.32 Å². The van der Waals surface area contributed by atoms with Crippen LogP contribution < -0.4 is 5.32 Å². The van der Waals surface area contributed by atoms with Crippen LogP contribution in [0.3, 0.4) is 0 Å². The Morgan fingerprint density at radius 3 is 2.48 bits per heavy atom. The maximum absolute atomic E-state index is 4.53. The van der Waals surface area contributed by atoms with Gasteiger partial charge in [0, 0.05) is 18.8 Å². The highest BCUT2D eigenvalue weighted by Gasteiger charge is 2.13. The summed E-state index contributed by atoms with van der Waals surface area (Å²) in [6.45, 7) is 7.56. The number of pyridine rings is 1. The minimum atomic E-state index is 0.387. The van der Waals surface area contributed by atoms with E-state index in [0.717, 1.165) is 19.4 Å². The third kappa shape index (κ3) is 4.68. The second kappa shape index (κ2) is 7.94. The second-order valence-corrected chi connectivity index (χ2v) is 5.94. The molecular weight excluding hydrogens is 256 g/mol. The zero-order chi connectivity index (χ0) is 15.1. The predicted octanol–water partition coefficient (Wildman–Crippen LogP) is 4.52. The van der Waals surface area contributed by atoms with Gasteiger partial charge in [-0.3, -0.25) is 4.98 Å². The van der Waals surface area contributed by atoms with Gasteiger partial charge in [0.2, 0.25) is 0 Å². The highest BCUT2D eigenvalue weighted by Crippen LogP contribution is 2.21. The molecule has 2 heteroatoms. The average molecular weight is 282 g/mol. The van der Waals surface area contributed by atoms with Crippen molar-refractivity contribution in [2.75, 3.05) is 0 Å². The summed E-state index contributed by atoms with van der Waals surface area (Å²) in [4.78, 5) is 4.53. The first-order chi connectivity index (χ1) is 10.2. The van der Waals surface area contributed by atoms with E-state index in [0.29, 0.717) is 12.0 Å². The van der Waals surface area contributed by atoms with E-state index >= 15 is 0 Å². The third-order valence-electron chi connectivity index (χ3n) is 3.79. The molecule has 0 saturated heterocycles. The molecule has 1 N–H and O–H groups in total. The van der Waals surface area contributed by atoms with Crippen LogP contribution in [0.25, 0.3) is 0 Å². The first kappa shape index (κ1) is 15.7. The minimum Gasteiger partial charge on any atom is -0.304 e. The number of hydrogen-bond acceptors (Lipinski definition) is 2. The SMILES string of the molecule is CCc1cccnc1CNC(CC(C)C)c1ccccc1. The van der Waals surface area contributed by atoms with Crippen molar-refractivity contribution < 1.29 is 0 Å². The molecule has 0 amide bonds. The van der Waals surface area contributed by atoms with Crippen molar-refractivity contribution in [2.24, 2.45) is 5.92 Å². The molecule has 2 rings (SSSR count). The van der Waals surface area contributed by atoms with Crippen LogP contribution in [0.4, 0.5) is 0 Å². The van der Waals surface area contributed by atoms with Crippen LogP contribution in [0, 0.1) is 5.92 Å². The topological polar surface area (TPSA) is 24.9 Å². The lowest BCUT2D eigenvalue weighted by Crippen LogP contribution is -2.23. The first-order valence-electron chi connectivity index (χ1n) is 7.91. The Hall–Kier alpha value is -1.67. The normalized spacial score (nSPS) is 12.6. The zero-order valence-electron chi connectivity index (χ0n) is 13.3. The average Bonchev–Trinajstić information content (AvgIpc) is 2.52. The molecule has 1 unspecified atom stereocenters. The van der Waals surface area contributed by atoms with E-state index in [1.807, 2.05) is 12.3 Å². The highest BCUT2D eigenvalue weighted by atomic mass is 14.9. The van der Waals surface area contributed by atoms with Crippen LogP contribution >= 0.6 is 0 Å². The van der Waals surface area contributed by atoms with Crippen molar-refractivity contribution in [2.45, 2.75) is 46.2 Å². The molecule has 0 aliphatic rings. The van der Waals surface area contributed by atoms with Crippen molar-refractivity contribution >= 4 is 0 Å². The molecule has 0 saturated carbocycles. The van der Waals surface area contributed by atoms with Crippen LogP contribution in [-0.2, 0) is 13.0 Å². The Labute approximate surface area is 128 Å². The van der Waals surface area contributed by atoms with Crippen LogP contribution in [0.5, 0.6) is 0 Å². The number of rotatable bonds is 7. The molecule has 1 aromatic heterocycles. The Morgan fingerprint density at radius 2 is 1.81 bits per heavy atom. The van der Waals surface area contributed by atoms with Crippen LogP contribution in [0.2, 0.25) is 0 Å². The zero-order valence-corrected chi connectivity index (χ0v) is 13.3. The summed E-state index contributed by atoms with van der Waals surface area (Å²) < 4.78 is 0. The molecule has 0 aliphatic heterocycles. The summed E-state index contributed by atoms with van der Waals surface area (Å²) in [6, 6.07) is 15.3. The fourth-order valence-corrected chi connectivity index (χ4v) is 2.67. The van der Waals surface area contributed by atoms with Gasteiger partial charge in [-0.1, -0.05) is 57.2 Å². The molecule has 1 aromatic carbocycles. The molecule has 1 heterocycles.